The van der Waals surface area contributed by atoms with Crippen LogP contribution in [0.25, 0.3) is 0 Å². The van der Waals surface area contributed by atoms with Gasteiger partial charge in [-0.25, -0.2) is 8.42 Å². The van der Waals surface area contributed by atoms with Crippen molar-refractivity contribution in [2.24, 2.45) is 0 Å². The largest absolute Gasteiger partial charge is 0.341 e. The molecule has 0 aliphatic carbocycles. The maximum atomic E-state index is 12.8. The van der Waals surface area contributed by atoms with Crippen LogP contribution in [-0.4, -0.2) is 43.7 Å². The molecule has 0 radical (unpaired) electrons. The first kappa shape index (κ1) is 21.5. The Morgan fingerprint density at radius 3 is 2.14 bits per heavy atom. The van der Waals surface area contributed by atoms with E-state index in [2.05, 4.69) is 0 Å². The van der Waals surface area contributed by atoms with Crippen LogP contribution in [0.15, 0.2) is 59.5 Å². The van der Waals surface area contributed by atoms with E-state index in [0.717, 1.165) is 36.8 Å². The lowest BCUT2D eigenvalue weighted by Crippen LogP contribution is -2.31. The van der Waals surface area contributed by atoms with Gasteiger partial charge in [-0.2, -0.15) is 4.31 Å². The predicted octanol–water partition coefficient (Wildman–Crippen LogP) is 3.84. The molecule has 2 aromatic carbocycles. The molecule has 0 bridgehead atoms. The number of carbonyl (C=O) groups excluding carboxylic acids is 1. The van der Waals surface area contributed by atoms with Gasteiger partial charge < -0.3 is 4.90 Å². The molecule has 0 atom stereocenters. The monoisotopic (exact) mass is 414 g/mol. The summed E-state index contributed by atoms with van der Waals surface area (Å²) in [6.45, 7) is 1.80. The number of carbonyl (C=O) groups is 1. The molecule has 5 nitrogen and oxygen atoms in total. The van der Waals surface area contributed by atoms with E-state index in [9.17, 15) is 13.2 Å². The topological polar surface area (TPSA) is 57.7 Å². The number of benzene rings is 2. The van der Waals surface area contributed by atoms with Gasteiger partial charge in [-0.05, 0) is 42.5 Å². The fraction of sp³-hybridized carbons (Fsp3) is 0.435. The second kappa shape index (κ2) is 10.0. The number of hydrogen-bond acceptors (Lipinski definition) is 3. The Balaban J connectivity index is 1.55. The van der Waals surface area contributed by atoms with Crippen molar-refractivity contribution in [3.8, 4) is 0 Å². The van der Waals surface area contributed by atoms with Crippen molar-refractivity contribution in [1.29, 1.82) is 0 Å². The third kappa shape index (κ3) is 5.90. The van der Waals surface area contributed by atoms with Gasteiger partial charge in [0.2, 0.25) is 15.9 Å². The second-order valence-corrected chi connectivity index (χ2v) is 9.64. The molecule has 29 heavy (non-hydrogen) atoms. The van der Waals surface area contributed by atoms with Crippen molar-refractivity contribution in [3.63, 3.8) is 0 Å². The van der Waals surface area contributed by atoms with Crippen LogP contribution in [0.2, 0.25) is 0 Å². The van der Waals surface area contributed by atoms with E-state index in [-0.39, 0.29) is 5.91 Å². The molecule has 1 saturated heterocycles. The van der Waals surface area contributed by atoms with Gasteiger partial charge in [0.05, 0.1) is 4.90 Å². The summed E-state index contributed by atoms with van der Waals surface area (Å²) in [5.41, 5.74) is 2.08. The van der Waals surface area contributed by atoms with Crippen LogP contribution in [0.4, 0.5) is 0 Å². The molecule has 1 amide bonds. The van der Waals surface area contributed by atoms with E-state index in [4.69, 9.17) is 0 Å². The minimum atomic E-state index is -3.42. The number of sulfonamides is 1. The molecule has 1 aliphatic heterocycles. The van der Waals surface area contributed by atoms with Gasteiger partial charge in [-0.3, -0.25) is 4.79 Å². The average molecular weight is 415 g/mol. The number of nitrogens with zero attached hydrogens (tertiary/aromatic N) is 2. The Labute approximate surface area is 174 Å². The minimum Gasteiger partial charge on any atom is -0.341 e. The molecular weight excluding hydrogens is 384 g/mol. The Kier molecular flexibility index (Phi) is 7.45. The Hall–Kier alpha value is -2.18. The highest BCUT2D eigenvalue weighted by Crippen LogP contribution is 2.21. The Morgan fingerprint density at radius 2 is 1.52 bits per heavy atom. The van der Waals surface area contributed by atoms with Crippen molar-refractivity contribution < 1.29 is 13.2 Å². The second-order valence-electron chi connectivity index (χ2n) is 7.70. The molecule has 2 aromatic rings. The highest BCUT2D eigenvalue weighted by Gasteiger charge is 2.24. The first-order valence-electron chi connectivity index (χ1n) is 10.3. The fourth-order valence-electron chi connectivity index (χ4n) is 3.65. The predicted molar refractivity (Wildman–Crippen MR) is 115 cm³/mol. The van der Waals surface area contributed by atoms with Crippen molar-refractivity contribution in [2.75, 3.05) is 20.1 Å². The van der Waals surface area contributed by atoms with Gasteiger partial charge in [-0.15, -0.1) is 0 Å². The van der Waals surface area contributed by atoms with E-state index in [1.807, 2.05) is 49.5 Å². The number of amides is 1. The van der Waals surface area contributed by atoms with Crippen LogP contribution < -0.4 is 0 Å². The maximum Gasteiger partial charge on any atom is 0.243 e. The zero-order valence-electron chi connectivity index (χ0n) is 17.1. The standard InChI is InChI=1S/C23H30N2O3S/c1-24(19-21-9-5-4-6-10-21)23(26)16-13-20-11-14-22(15-12-20)29(27,28)25-17-7-2-3-8-18-25/h4-6,9-12,14-15H,2-3,7-8,13,16-19H2,1H3. The summed E-state index contributed by atoms with van der Waals surface area (Å²) in [7, 11) is -1.61. The van der Waals surface area contributed by atoms with Gasteiger partial charge in [0.25, 0.3) is 0 Å². The first-order chi connectivity index (χ1) is 14.0. The van der Waals surface area contributed by atoms with Gasteiger partial charge in [-0.1, -0.05) is 55.3 Å². The summed E-state index contributed by atoms with van der Waals surface area (Å²) >= 11 is 0. The molecular formula is C23H30N2O3S. The van der Waals surface area contributed by atoms with Crippen molar-refractivity contribution in [3.05, 3.63) is 65.7 Å². The quantitative estimate of drug-likeness (QED) is 0.692. The molecule has 1 fully saturated rings. The highest BCUT2D eigenvalue weighted by atomic mass is 32.2. The first-order valence-corrected chi connectivity index (χ1v) is 11.8. The lowest BCUT2D eigenvalue weighted by molar-refractivity contribution is -0.130. The van der Waals surface area contributed by atoms with Crippen LogP contribution in [0, 0.1) is 0 Å². The summed E-state index contributed by atoms with van der Waals surface area (Å²) in [5.74, 6) is 0.0788. The summed E-state index contributed by atoms with van der Waals surface area (Å²) in [4.78, 5) is 14.5. The molecule has 0 aromatic heterocycles. The lowest BCUT2D eigenvalue weighted by atomic mass is 10.1. The zero-order valence-corrected chi connectivity index (χ0v) is 17.9. The normalized spacial score (nSPS) is 15.6. The molecule has 1 heterocycles. The SMILES string of the molecule is CN(Cc1ccccc1)C(=O)CCc1ccc(S(=O)(=O)N2CCCCCC2)cc1. The van der Waals surface area contributed by atoms with Crippen LogP contribution in [0.1, 0.15) is 43.2 Å². The van der Waals surface area contributed by atoms with Gasteiger partial charge in [0.15, 0.2) is 0 Å². The minimum absolute atomic E-state index is 0.0788. The fourth-order valence-corrected chi connectivity index (χ4v) is 5.16. The van der Waals surface area contributed by atoms with E-state index in [1.165, 1.54) is 0 Å². The highest BCUT2D eigenvalue weighted by molar-refractivity contribution is 7.89. The molecule has 0 unspecified atom stereocenters. The van der Waals surface area contributed by atoms with Gasteiger partial charge in [0.1, 0.15) is 0 Å². The van der Waals surface area contributed by atoms with Crippen LogP contribution in [-0.2, 0) is 27.8 Å². The van der Waals surface area contributed by atoms with Gasteiger partial charge in [0, 0.05) is 33.1 Å². The van der Waals surface area contributed by atoms with Crippen LogP contribution in [0.5, 0.6) is 0 Å². The van der Waals surface area contributed by atoms with E-state index >= 15 is 0 Å². The van der Waals surface area contributed by atoms with E-state index < -0.39 is 10.0 Å². The summed E-state index contributed by atoms with van der Waals surface area (Å²) < 4.78 is 27.3. The Bertz CT molecular complexity index is 887. The molecule has 1 aliphatic rings. The molecule has 3 rings (SSSR count). The smallest absolute Gasteiger partial charge is 0.243 e. The summed E-state index contributed by atoms with van der Waals surface area (Å²) in [6, 6.07) is 16.9. The maximum absolute atomic E-state index is 12.8. The third-order valence-electron chi connectivity index (χ3n) is 5.44. The number of rotatable bonds is 7. The van der Waals surface area contributed by atoms with Crippen LogP contribution in [0.3, 0.4) is 0 Å². The number of hydrogen-bond donors (Lipinski definition) is 0. The Morgan fingerprint density at radius 1 is 0.897 bits per heavy atom. The van der Waals surface area contributed by atoms with E-state index in [0.29, 0.717) is 37.4 Å². The zero-order chi connectivity index (χ0) is 20.7. The number of aryl methyl sites for hydroxylation is 1. The van der Waals surface area contributed by atoms with Crippen LogP contribution >= 0.6 is 0 Å². The van der Waals surface area contributed by atoms with Crippen molar-refractivity contribution in [1.82, 2.24) is 9.21 Å². The summed E-state index contributed by atoms with van der Waals surface area (Å²) in [5, 5.41) is 0. The molecule has 6 heteroatoms. The lowest BCUT2D eigenvalue weighted by Gasteiger charge is -2.20. The third-order valence-corrected chi connectivity index (χ3v) is 7.35. The molecule has 0 N–H and O–H groups in total. The molecule has 0 saturated carbocycles. The summed E-state index contributed by atoms with van der Waals surface area (Å²) in [6.07, 6.45) is 5.05. The van der Waals surface area contributed by atoms with Crippen molar-refractivity contribution in [2.45, 2.75) is 50.0 Å². The molecule has 156 valence electrons. The molecule has 0 spiro atoms. The van der Waals surface area contributed by atoms with Crippen molar-refractivity contribution >= 4 is 15.9 Å². The van der Waals surface area contributed by atoms with Gasteiger partial charge >= 0.3 is 0 Å². The van der Waals surface area contributed by atoms with E-state index in [1.54, 1.807) is 21.3 Å². The average Bonchev–Trinajstić information content (AvgIpc) is 3.03.